The molecule has 0 radical (unpaired) electrons. The Balaban J connectivity index is 2.97. The average molecular weight is 240 g/mol. The van der Waals surface area contributed by atoms with Crippen LogP contribution in [0.5, 0.6) is 0 Å². The van der Waals surface area contributed by atoms with E-state index < -0.39 is 0 Å². The van der Waals surface area contributed by atoms with E-state index >= 15 is 0 Å². The molecule has 0 saturated heterocycles. The predicted molar refractivity (Wildman–Crippen MR) is 69.3 cm³/mol. The van der Waals surface area contributed by atoms with Crippen molar-refractivity contribution < 1.29 is 0 Å². The fraction of sp³-hybridized carbons (Fsp3) is 0.667. The van der Waals surface area contributed by atoms with Crippen molar-refractivity contribution in [1.82, 2.24) is 9.13 Å². The van der Waals surface area contributed by atoms with Gasteiger partial charge in [-0.15, -0.1) is 0 Å². The zero-order valence-electron chi connectivity index (χ0n) is 10.1. The van der Waals surface area contributed by atoms with Crippen molar-refractivity contribution in [2.75, 3.05) is 0 Å². The van der Waals surface area contributed by atoms with Gasteiger partial charge in [0.1, 0.15) is 0 Å². The first-order valence-corrected chi connectivity index (χ1v) is 6.41. The SMILES string of the molecule is CCCCn1ccc(=O)n(CCCC)c1=S. The summed E-state index contributed by atoms with van der Waals surface area (Å²) in [5, 5.41) is 0. The third kappa shape index (κ3) is 3.30. The minimum absolute atomic E-state index is 0.0196. The van der Waals surface area contributed by atoms with Crippen LogP contribution >= 0.6 is 12.2 Å². The highest BCUT2D eigenvalue weighted by Gasteiger charge is 2.00. The lowest BCUT2D eigenvalue weighted by atomic mass is 10.3. The van der Waals surface area contributed by atoms with Crippen LogP contribution in [0.1, 0.15) is 39.5 Å². The molecule has 0 aliphatic rings. The molecule has 0 bridgehead atoms. The smallest absolute Gasteiger partial charge is 0.254 e. The number of aromatic nitrogens is 2. The zero-order chi connectivity index (χ0) is 12.0. The second-order valence-electron chi connectivity index (χ2n) is 3.99. The predicted octanol–water partition coefficient (Wildman–Crippen LogP) is 2.98. The van der Waals surface area contributed by atoms with Crippen molar-refractivity contribution >= 4 is 12.2 Å². The number of nitrogens with zero attached hydrogens (tertiary/aromatic N) is 2. The summed E-state index contributed by atoms with van der Waals surface area (Å²) < 4.78 is 4.36. The Morgan fingerprint density at radius 2 is 1.81 bits per heavy atom. The van der Waals surface area contributed by atoms with Crippen LogP contribution in [-0.4, -0.2) is 9.13 Å². The minimum Gasteiger partial charge on any atom is -0.325 e. The zero-order valence-corrected chi connectivity index (χ0v) is 10.9. The Morgan fingerprint density at radius 3 is 2.44 bits per heavy atom. The van der Waals surface area contributed by atoms with Crippen molar-refractivity contribution in [2.24, 2.45) is 0 Å². The summed E-state index contributed by atoms with van der Waals surface area (Å²) in [4.78, 5) is 11.7. The summed E-state index contributed by atoms with van der Waals surface area (Å²) in [7, 11) is 0. The second-order valence-corrected chi connectivity index (χ2v) is 4.35. The van der Waals surface area contributed by atoms with Crippen molar-refractivity contribution in [3.63, 3.8) is 0 Å². The van der Waals surface area contributed by atoms with E-state index in [-0.39, 0.29) is 5.56 Å². The maximum atomic E-state index is 11.7. The molecule has 3 nitrogen and oxygen atoms in total. The van der Waals surface area contributed by atoms with E-state index in [2.05, 4.69) is 13.8 Å². The van der Waals surface area contributed by atoms with Gasteiger partial charge in [-0.25, -0.2) is 0 Å². The number of aryl methyl sites for hydroxylation is 1. The molecule has 0 aliphatic carbocycles. The highest BCUT2D eigenvalue weighted by Crippen LogP contribution is 1.99. The summed E-state index contributed by atoms with van der Waals surface area (Å²) in [6.45, 7) is 5.90. The van der Waals surface area contributed by atoms with E-state index in [4.69, 9.17) is 12.2 Å². The Hall–Kier alpha value is -0.900. The van der Waals surface area contributed by atoms with E-state index in [9.17, 15) is 4.79 Å². The van der Waals surface area contributed by atoms with Crippen LogP contribution in [0.4, 0.5) is 0 Å². The lowest BCUT2D eigenvalue weighted by Gasteiger charge is -2.10. The molecule has 0 saturated carbocycles. The molecule has 0 unspecified atom stereocenters. The Labute approximate surface area is 102 Å². The summed E-state index contributed by atoms with van der Waals surface area (Å²) in [5.41, 5.74) is 0.0196. The van der Waals surface area contributed by atoms with Gasteiger partial charge in [-0.05, 0) is 25.1 Å². The van der Waals surface area contributed by atoms with Gasteiger partial charge in [0.25, 0.3) is 5.56 Å². The third-order valence-electron chi connectivity index (χ3n) is 2.63. The van der Waals surface area contributed by atoms with Gasteiger partial charge in [-0.1, -0.05) is 26.7 Å². The molecular formula is C12H20N2OS. The first-order valence-electron chi connectivity index (χ1n) is 6.01. The summed E-state index contributed by atoms with van der Waals surface area (Å²) in [6, 6.07) is 1.61. The first-order chi connectivity index (χ1) is 7.70. The van der Waals surface area contributed by atoms with Crippen LogP contribution in [0.15, 0.2) is 17.1 Å². The largest absolute Gasteiger partial charge is 0.325 e. The maximum absolute atomic E-state index is 11.7. The van der Waals surface area contributed by atoms with Crippen molar-refractivity contribution in [1.29, 1.82) is 0 Å². The molecule has 0 N–H and O–H groups in total. The molecule has 0 aliphatic heterocycles. The van der Waals surface area contributed by atoms with Gasteiger partial charge in [-0.3, -0.25) is 9.36 Å². The van der Waals surface area contributed by atoms with Crippen molar-refractivity contribution in [2.45, 2.75) is 52.6 Å². The van der Waals surface area contributed by atoms with Gasteiger partial charge in [0.05, 0.1) is 0 Å². The standard InChI is InChI=1S/C12H20N2OS/c1-3-5-8-13-10-7-11(15)14(12(13)16)9-6-4-2/h7,10H,3-6,8-9H2,1-2H3. The summed E-state index contributed by atoms with van der Waals surface area (Å²) >= 11 is 5.33. The average Bonchev–Trinajstić information content (AvgIpc) is 2.28. The van der Waals surface area contributed by atoms with E-state index in [1.807, 2.05) is 10.8 Å². The molecule has 16 heavy (non-hydrogen) atoms. The van der Waals surface area contributed by atoms with Crippen LogP contribution in [0.2, 0.25) is 0 Å². The lowest BCUT2D eigenvalue weighted by Crippen LogP contribution is -2.23. The molecule has 1 aromatic rings. The molecule has 0 amide bonds. The van der Waals surface area contributed by atoms with Gasteiger partial charge < -0.3 is 4.57 Å². The molecule has 0 spiro atoms. The fourth-order valence-corrected chi connectivity index (χ4v) is 1.91. The molecule has 0 atom stereocenters. The third-order valence-corrected chi connectivity index (χ3v) is 3.08. The quantitative estimate of drug-likeness (QED) is 0.715. The van der Waals surface area contributed by atoms with Gasteiger partial charge in [0.2, 0.25) is 0 Å². The number of rotatable bonds is 6. The molecule has 0 aromatic carbocycles. The number of hydrogen-bond donors (Lipinski definition) is 0. The molecular weight excluding hydrogens is 220 g/mol. The Bertz CT molecular complexity index is 433. The van der Waals surface area contributed by atoms with Crippen LogP contribution in [-0.2, 0) is 13.1 Å². The van der Waals surface area contributed by atoms with Crippen LogP contribution in [0, 0.1) is 4.77 Å². The van der Waals surface area contributed by atoms with Gasteiger partial charge in [-0.2, -0.15) is 0 Å². The van der Waals surface area contributed by atoms with Crippen molar-refractivity contribution in [3.05, 3.63) is 27.4 Å². The van der Waals surface area contributed by atoms with E-state index in [0.717, 1.165) is 38.8 Å². The summed E-state index contributed by atoms with van der Waals surface area (Å²) in [5.74, 6) is 0. The molecule has 1 rings (SSSR count). The molecule has 0 fully saturated rings. The fourth-order valence-electron chi connectivity index (χ4n) is 1.58. The maximum Gasteiger partial charge on any atom is 0.254 e. The molecule has 90 valence electrons. The van der Waals surface area contributed by atoms with Gasteiger partial charge in [0.15, 0.2) is 4.77 Å². The van der Waals surface area contributed by atoms with Crippen LogP contribution in [0.25, 0.3) is 0 Å². The van der Waals surface area contributed by atoms with Crippen molar-refractivity contribution in [3.8, 4) is 0 Å². The minimum atomic E-state index is 0.0196. The first kappa shape index (κ1) is 13.2. The lowest BCUT2D eigenvalue weighted by molar-refractivity contribution is 0.534. The highest BCUT2D eigenvalue weighted by molar-refractivity contribution is 7.71. The molecule has 4 heteroatoms. The monoisotopic (exact) mass is 240 g/mol. The van der Waals surface area contributed by atoms with E-state index in [1.54, 1.807) is 10.6 Å². The Kier molecular flexibility index (Phi) is 5.46. The van der Waals surface area contributed by atoms with Crippen LogP contribution < -0.4 is 5.56 Å². The van der Waals surface area contributed by atoms with E-state index in [0.29, 0.717) is 4.77 Å². The molecule has 1 aromatic heterocycles. The Morgan fingerprint density at radius 1 is 1.19 bits per heavy atom. The van der Waals surface area contributed by atoms with Gasteiger partial charge in [0, 0.05) is 25.4 Å². The van der Waals surface area contributed by atoms with Gasteiger partial charge >= 0.3 is 0 Å². The highest BCUT2D eigenvalue weighted by atomic mass is 32.1. The number of unbranched alkanes of at least 4 members (excludes halogenated alkanes) is 2. The second kappa shape index (κ2) is 6.63. The van der Waals surface area contributed by atoms with E-state index in [1.165, 1.54) is 0 Å². The summed E-state index contributed by atoms with van der Waals surface area (Å²) in [6.07, 6.45) is 6.12. The number of hydrogen-bond acceptors (Lipinski definition) is 2. The topological polar surface area (TPSA) is 26.9 Å². The van der Waals surface area contributed by atoms with Crippen LogP contribution in [0.3, 0.4) is 0 Å². The normalized spacial score (nSPS) is 10.6. The molecule has 1 heterocycles.